The number of morpholine rings is 1. The fourth-order valence-electron chi connectivity index (χ4n) is 4.13. The minimum absolute atomic E-state index is 0.000936. The van der Waals surface area contributed by atoms with Crippen LogP contribution in [0.15, 0.2) is 52.9 Å². The third-order valence-corrected chi connectivity index (χ3v) is 5.93. The van der Waals surface area contributed by atoms with E-state index in [-0.39, 0.29) is 28.5 Å². The van der Waals surface area contributed by atoms with Gasteiger partial charge in [0, 0.05) is 18.5 Å². The molecule has 4 amide bonds. The fraction of sp³-hybridized carbons (Fsp3) is 0.250. The van der Waals surface area contributed by atoms with E-state index in [1.165, 1.54) is 6.92 Å². The minimum Gasteiger partial charge on any atom is -0.449 e. The number of amides is 4. The highest BCUT2D eigenvalue weighted by molar-refractivity contribution is 6.23. The van der Waals surface area contributed by atoms with Gasteiger partial charge in [0.2, 0.25) is 11.7 Å². The molecule has 2 aliphatic heterocycles. The predicted molar refractivity (Wildman–Crippen MR) is 118 cm³/mol. The van der Waals surface area contributed by atoms with Crippen molar-refractivity contribution >= 4 is 40.3 Å². The van der Waals surface area contributed by atoms with Crippen LogP contribution in [0.1, 0.15) is 38.2 Å². The molecule has 9 heteroatoms. The summed E-state index contributed by atoms with van der Waals surface area (Å²) in [6, 6.07) is 12.3. The highest BCUT2D eigenvalue weighted by atomic mass is 16.5. The Morgan fingerprint density at radius 1 is 0.939 bits per heavy atom. The maximum atomic E-state index is 13.2. The molecule has 1 atom stereocenters. The van der Waals surface area contributed by atoms with E-state index in [0.29, 0.717) is 37.3 Å². The Morgan fingerprint density at radius 3 is 2.21 bits per heavy atom. The van der Waals surface area contributed by atoms with Crippen molar-refractivity contribution < 1.29 is 28.3 Å². The third kappa shape index (κ3) is 3.46. The van der Waals surface area contributed by atoms with E-state index in [1.807, 2.05) is 0 Å². The maximum Gasteiger partial charge on any atom is 0.291 e. The summed E-state index contributed by atoms with van der Waals surface area (Å²) in [5.74, 6) is -2.02. The second-order valence-electron chi connectivity index (χ2n) is 7.90. The molecule has 168 valence electrons. The Labute approximate surface area is 188 Å². The molecule has 9 nitrogen and oxygen atoms in total. The minimum atomic E-state index is -1.10. The summed E-state index contributed by atoms with van der Waals surface area (Å²) in [7, 11) is 0. The summed E-state index contributed by atoms with van der Waals surface area (Å²) in [6.07, 6.45) is 0. The quantitative estimate of drug-likeness (QED) is 0.616. The molecule has 0 saturated carbocycles. The summed E-state index contributed by atoms with van der Waals surface area (Å²) in [5.41, 5.74) is 1.19. The molecule has 33 heavy (non-hydrogen) atoms. The van der Waals surface area contributed by atoms with Crippen LogP contribution in [0.2, 0.25) is 0 Å². The molecule has 0 aliphatic carbocycles. The van der Waals surface area contributed by atoms with Crippen LogP contribution in [0, 0.1) is 0 Å². The molecule has 2 aromatic carbocycles. The van der Waals surface area contributed by atoms with Crippen molar-refractivity contribution in [1.82, 2.24) is 9.80 Å². The molecule has 1 N–H and O–H groups in total. The van der Waals surface area contributed by atoms with Gasteiger partial charge in [0.15, 0.2) is 0 Å². The van der Waals surface area contributed by atoms with E-state index in [2.05, 4.69) is 5.32 Å². The van der Waals surface area contributed by atoms with Gasteiger partial charge in [0.25, 0.3) is 17.7 Å². The molecule has 1 aromatic heterocycles. The topological polar surface area (TPSA) is 109 Å². The molecule has 1 saturated heterocycles. The van der Waals surface area contributed by atoms with Crippen molar-refractivity contribution in [3.8, 4) is 0 Å². The number of furan rings is 1. The van der Waals surface area contributed by atoms with Crippen LogP contribution in [0.25, 0.3) is 11.0 Å². The van der Waals surface area contributed by atoms with Crippen molar-refractivity contribution in [2.45, 2.75) is 13.0 Å². The number of ether oxygens (including phenoxy) is 1. The Kier molecular flexibility index (Phi) is 5.18. The third-order valence-electron chi connectivity index (χ3n) is 5.93. The highest BCUT2D eigenvalue weighted by Crippen LogP contribution is 2.33. The lowest BCUT2D eigenvalue weighted by atomic mass is 10.1. The number of hydrogen-bond donors (Lipinski definition) is 1. The fourth-order valence-corrected chi connectivity index (χ4v) is 4.13. The number of rotatable bonds is 4. The second-order valence-corrected chi connectivity index (χ2v) is 7.90. The summed E-state index contributed by atoms with van der Waals surface area (Å²) in [6.45, 7) is 3.14. The van der Waals surface area contributed by atoms with Gasteiger partial charge in [0.05, 0.1) is 24.3 Å². The maximum absolute atomic E-state index is 13.2. The number of fused-ring (bicyclic) bond motifs is 2. The van der Waals surface area contributed by atoms with Crippen LogP contribution in [-0.2, 0) is 9.53 Å². The van der Waals surface area contributed by atoms with Crippen LogP contribution >= 0.6 is 0 Å². The molecule has 0 radical (unpaired) electrons. The van der Waals surface area contributed by atoms with Gasteiger partial charge in [0.1, 0.15) is 17.3 Å². The summed E-state index contributed by atoms with van der Waals surface area (Å²) in [4.78, 5) is 54.5. The van der Waals surface area contributed by atoms with E-state index in [1.54, 1.807) is 53.4 Å². The standard InChI is InChI=1S/C24H21N3O6/c1-14(27-22(29)15-6-2-3-7-16(15)23(27)30)21(28)25-19-17-8-4-5-9-18(17)33-20(19)24(31)26-10-12-32-13-11-26/h2-9,14H,10-13H2,1H3,(H,25,28)/t14-/m0/s1. The zero-order valence-corrected chi connectivity index (χ0v) is 17.9. The van der Waals surface area contributed by atoms with Gasteiger partial charge in [-0.25, -0.2) is 0 Å². The molecule has 0 unspecified atom stereocenters. The number of nitrogens with one attached hydrogen (secondary N) is 1. The van der Waals surface area contributed by atoms with Gasteiger partial charge in [-0.2, -0.15) is 0 Å². The summed E-state index contributed by atoms with van der Waals surface area (Å²) >= 11 is 0. The van der Waals surface area contributed by atoms with Crippen molar-refractivity contribution in [1.29, 1.82) is 0 Å². The number of para-hydroxylation sites is 1. The van der Waals surface area contributed by atoms with Crippen LogP contribution in [0.5, 0.6) is 0 Å². The van der Waals surface area contributed by atoms with Crippen LogP contribution in [0.3, 0.4) is 0 Å². The molecule has 1 fully saturated rings. The van der Waals surface area contributed by atoms with E-state index in [0.717, 1.165) is 4.90 Å². The molecule has 0 bridgehead atoms. The van der Waals surface area contributed by atoms with Crippen molar-refractivity contribution in [3.05, 3.63) is 65.4 Å². The monoisotopic (exact) mass is 447 g/mol. The number of anilines is 1. The van der Waals surface area contributed by atoms with Gasteiger partial charge in [-0.1, -0.05) is 24.3 Å². The van der Waals surface area contributed by atoms with Crippen molar-refractivity contribution in [2.75, 3.05) is 31.6 Å². The zero-order chi connectivity index (χ0) is 23.1. The Hall–Kier alpha value is -3.98. The van der Waals surface area contributed by atoms with E-state index in [4.69, 9.17) is 9.15 Å². The first-order valence-electron chi connectivity index (χ1n) is 10.6. The molecule has 2 aliphatic rings. The van der Waals surface area contributed by atoms with Gasteiger partial charge >= 0.3 is 0 Å². The largest absolute Gasteiger partial charge is 0.449 e. The van der Waals surface area contributed by atoms with Crippen LogP contribution in [0.4, 0.5) is 5.69 Å². The van der Waals surface area contributed by atoms with E-state index < -0.39 is 23.8 Å². The second kappa shape index (κ2) is 8.18. The molecule has 3 aromatic rings. The first-order valence-corrected chi connectivity index (χ1v) is 10.6. The average Bonchev–Trinajstić information content (AvgIpc) is 3.34. The van der Waals surface area contributed by atoms with Gasteiger partial charge < -0.3 is 19.4 Å². The van der Waals surface area contributed by atoms with Gasteiger partial charge in [-0.15, -0.1) is 0 Å². The number of benzene rings is 2. The predicted octanol–water partition coefficient (Wildman–Crippen LogP) is 2.53. The first kappa shape index (κ1) is 20.9. The molecule has 0 spiro atoms. The lowest BCUT2D eigenvalue weighted by Gasteiger charge is -2.26. The van der Waals surface area contributed by atoms with Crippen molar-refractivity contribution in [3.63, 3.8) is 0 Å². The zero-order valence-electron chi connectivity index (χ0n) is 17.9. The first-order chi connectivity index (χ1) is 16.0. The van der Waals surface area contributed by atoms with Crippen LogP contribution < -0.4 is 5.32 Å². The van der Waals surface area contributed by atoms with E-state index >= 15 is 0 Å². The lowest BCUT2D eigenvalue weighted by Crippen LogP contribution is -2.45. The molecular formula is C24H21N3O6. The average molecular weight is 447 g/mol. The normalized spacial score (nSPS) is 16.8. The molecule has 5 rings (SSSR count). The van der Waals surface area contributed by atoms with Gasteiger partial charge in [-0.3, -0.25) is 24.1 Å². The van der Waals surface area contributed by atoms with Crippen molar-refractivity contribution in [2.24, 2.45) is 0 Å². The molecule has 3 heterocycles. The SMILES string of the molecule is C[C@@H](C(=O)Nc1c(C(=O)N2CCOCC2)oc2ccccc12)N1C(=O)c2ccccc2C1=O. The molecular weight excluding hydrogens is 426 g/mol. The number of hydrogen-bond acceptors (Lipinski definition) is 6. The number of carbonyl (C=O) groups is 4. The van der Waals surface area contributed by atoms with Crippen LogP contribution in [-0.4, -0.2) is 65.8 Å². The highest BCUT2D eigenvalue weighted by Gasteiger charge is 2.41. The van der Waals surface area contributed by atoms with E-state index in [9.17, 15) is 19.2 Å². The Balaban J connectivity index is 1.45. The number of imide groups is 1. The Morgan fingerprint density at radius 2 is 1.55 bits per heavy atom. The summed E-state index contributed by atoms with van der Waals surface area (Å²) < 4.78 is 11.1. The number of carbonyl (C=O) groups excluding carboxylic acids is 4. The summed E-state index contributed by atoms with van der Waals surface area (Å²) in [5, 5.41) is 3.29. The van der Waals surface area contributed by atoms with Gasteiger partial charge in [-0.05, 0) is 31.2 Å². The number of nitrogens with zero attached hydrogens (tertiary/aromatic N) is 2. The lowest BCUT2D eigenvalue weighted by molar-refractivity contribution is -0.119. The Bertz CT molecular complexity index is 1260. The smallest absolute Gasteiger partial charge is 0.291 e.